The molecule has 2 aliphatic rings. The van der Waals surface area contributed by atoms with E-state index in [1.165, 1.54) is 19.0 Å². The van der Waals surface area contributed by atoms with Gasteiger partial charge in [0, 0.05) is 38.3 Å². The minimum absolute atomic E-state index is 0.282. The lowest BCUT2D eigenvalue weighted by molar-refractivity contribution is 0.382. The molecule has 0 atom stereocenters. The Hall–Kier alpha value is -2.00. The minimum Gasteiger partial charge on any atom is -0.370 e. The Morgan fingerprint density at radius 3 is 2.60 bits per heavy atom. The van der Waals surface area contributed by atoms with Crippen molar-refractivity contribution in [3.05, 3.63) is 30.5 Å². The molecule has 4 rings (SSSR count). The van der Waals surface area contributed by atoms with Gasteiger partial charge in [-0.1, -0.05) is 12.8 Å². The first-order chi connectivity index (χ1) is 14.4. The van der Waals surface area contributed by atoms with E-state index in [1.807, 2.05) is 4.57 Å². The van der Waals surface area contributed by atoms with E-state index in [0.29, 0.717) is 43.3 Å². The van der Waals surface area contributed by atoms with Gasteiger partial charge in [0.1, 0.15) is 22.9 Å². The summed E-state index contributed by atoms with van der Waals surface area (Å²) in [6, 6.07) is 3.73. The number of nitrogens with zero attached hydrogens (tertiary/aromatic N) is 5. The van der Waals surface area contributed by atoms with Crippen LogP contribution in [0.3, 0.4) is 0 Å². The smallest absolute Gasteiger partial charge is 0.244 e. The molecule has 2 saturated carbocycles. The van der Waals surface area contributed by atoms with Crippen molar-refractivity contribution >= 4 is 15.8 Å². The zero-order chi connectivity index (χ0) is 21.1. The first-order valence-electron chi connectivity index (χ1n) is 11.0. The van der Waals surface area contributed by atoms with Crippen molar-refractivity contribution < 1.29 is 8.42 Å². The van der Waals surface area contributed by atoms with Crippen LogP contribution in [-0.4, -0.2) is 52.1 Å². The molecule has 0 amide bonds. The molecule has 2 aliphatic carbocycles. The lowest BCUT2D eigenvalue weighted by Crippen LogP contribution is -2.34. The summed E-state index contributed by atoms with van der Waals surface area (Å²) in [5, 5.41) is 11.4. The highest BCUT2D eigenvalue weighted by Crippen LogP contribution is 2.35. The van der Waals surface area contributed by atoms with Crippen molar-refractivity contribution in [3.8, 4) is 0 Å². The average molecular weight is 433 g/mol. The maximum absolute atomic E-state index is 13.2. The predicted octanol–water partition coefficient (Wildman–Crippen LogP) is 3.11. The van der Waals surface area contributed by atoms with Gasteiger partial charge in [0.15, 0.2) is 0 Å². The fourth-order valence-corrected chi connectivity index (χ4v) is 5.07. The fourth-order valence-electron chi connectivity index (χ4n) is 3.60. The maximum Gasteiger partial charge on any atom is 0.244 e. The van der Waals surface area contributed by atoms with Crippen LogP contribution < -0.4 is 5.32 Å². The van der Waals surface area contributed by atoms with Crippen LogP contribution in [-0.2, 0) is 16.4 Å². The lowest BCUT2D eigenvalue weighted by Gasteiger charge is -2.22. The second kappa shape index (κ2) is 9.01. The molecule has 0 unspecified atom stereocenters. The summed E-state index contributed by atoms with van der Waals surface area (Å²) in [6.07, 6.45) is 9.68. The zero-order valence-corrected chi connectivity index (χ0v) is 18.7. The Balaban J connectivity index is 1.35. The van der Waals surface area contributed by atoms with Crippen LogP contribution >= 0.6 is 0 Å². The van der Waals surface area contributed by atoms with Crippen molar-refractivity contribution in [1.29, 1.82) is 0 Å². The highest BCUT2D eigenvalue weighted by Gasteiger charge is 2.33. The maximum atomic E-state index is 13.2. The number of nitrogens with one attached hydrogen (secondary N) is 1. The second-order valence-corrected chi connectivity index (χ2v) is 10.8. The largest absolute Gasteiger partial charge is 0.370 e. The van der Waals surface area contributed by atoms with E-state index in [2.05, 4.69) is 34.3 Å². The van der Waals surface area contributed by atoms with Gasteiger partial charge in [-0.2, -0.15) is 4.31 Å². The number of rotatable bonds is 12. The number of hydrogen-bond donors (Lipinski definition) is 1. The van der Waals surface area contributed by atoms with Gasteiger partial charge in [0.2, 0.25) is 10.0 Å². The SMILES string of the molecule is CC(C)n1cnnc1CCNc1ccc(S(=O)(=O)N(CCC2CC2)CC2CC2)cn1. The molecule has 9 heteroatoms. The van der Waals surface area contributed by atoms with Gasteiger partial charge >= 0.3 is 0 Å². The number of sulfonamides is 1. The molecule has 2 aromatic heterocycles. The topological polar surface area (TPSA) is 93.0 Å². The minimum atomic E-state index is -3.49. The van der Waals surface area contributed by atoms with E-state index in [9.17, 15) is 8.42 Å². The third kappa shape index (κ3) is 5.37. The molecule has 0 radical (unpaired) electrons. The third-order valence-electron chi connectivity index (χ3n) is 5.87. The van der Waals surface area contributed by atoms with Crippen molar-refractivity contribution in [2.24, 2.45) is 11.8 Å². The van der Waals surface area contributed by atoms with Gasteiger partial charge < -0.3 is 9.88 Å². The van der Waals surface area contributed by atoms with Gasteiger partial charge in [0.05, 0.1) is 0 Å². The predicted molar refractivity (Wildman–Crippen MR) is 116 cm³/mol. The van der Waals surface area contributed by atoms with Gasteiger partial charge in [-0.25, -0.2) is 13.4 Å². The Bertz CT molecular complexity index is 933. The van der Waals surface area contributed by atoms with E-state index < -0.39 is 10.0 Å². The van der Waals surface area contributed by atoms with E-state index in [-0.39, 0.29) is 4.90 Å². The van der Waals surface area contributed by atoms with E-state index in [0.717, 1.165) is 31.5 Å². The molecule has 8 nitrogen and oxygen atoms in total. The summed E-state index contributed by atoms with van der Waals surface area (Å²) >= 11 is 0. The summed E-state index contributed by atoms with van der Waals surface area (Å²) in [5.41, 5.74) is 0. The van der Waals surface area contributed by atoms with Crippen LogP contribution in [0.5, 0.6) is 0 Å². The zero-order valence-electron chi connectivity index (χ0n) is 17.9. The Morgan fingerprint density at radius 2 is 1.97 bits per heavy atom. The molecule has 2 fully saturated rings. The molecule has 164 valence electrons. The molecule has 0 aromatic carbocycles. The van der Waals surface area contributed by atoms with Gasteiger partial charge in [0.25, 0.3) is 0 Å². The second-order valence-electron chi connectivity index (χ2n) is 8.84. The standard InChI is InChI=1S/C21H32N6O2S/c1-16(2)27-15-24-25-21(27)9-11-22-20-8-7-19(13-23-20)30(28,29)26(14-18-5-6-18)12-10-17-3-4-17/h7-8,13,15-18H,3-6,9-12,14H2,1-2H3,(H,22,23). The van der Waals surface area contributed by atoms with E-state index >= 15 is 0 Å². The van der Waals surface area contributed by atoms with Gasteiger partial charge in [-0.05, 0) is 57.1 Å². The first-order valence-corrected chi connectivity index (χ1v) is 12.5. The summed E-state index contributed by atoms with van der Waals surface area (Å²) in [7, 11) is -3.49. The molecule has 2 heterocycles. The molecule has 2 aromatic rings. The monoisotopic (exact) mass is 432 g/mol. The number of pyridine rings is 1. The average Bonchev–Trinajstić information content (AvgIpc) is 3.65. The molecule has 0 saturated heterocycles. The van der Waals surface area contributed by atoms with Gasteiger partial charge in [-0.15, -0.1) is 10.2 Å². The Labute approximate surface area is 179 Å². The van der Waals surface area contributed by atoms with Crippen molar-refractivity contribution in [2.45, 2.75) is 63.3 Å². The number of hydrogen-bond acceptors (Lipinski definition) is 6. The van der Waals surface area contributed by atoms with Crippen molar-refractivity contribution in [3.63, 3.8) is 0 Å². The normalized spacial score (nSPS) is 17.1. The fraction of sp³-hybridized carbons (Fsp3) is 0.667. The summed E-state index contributed by atoms with van der Waals surface area (Å²) in [6.45, 7) is 6.11. The van der Waals surface area contributed by atoms with Crippen LogP contribution in [0.4, 0.5) is 5.82 Å². The molecule has 0 aliphatic heterocycles. The quantitative estimate of drug-likeness (QED) is 0.554. The van der Waals surface area contributed by atoms with Crippen LogP contribution in [0, 0.1) is 11.8 Å². The van der Waals surface area contributed by atoms with Crippen LogP contribution in [0.1, 0.15) is 57.8 Å². The lowest BCUT2D eigenvalue weighted by atomic mass is 10.3. The molecular formula is C21H32N6O2S. The number of anilines is 1. The molecule has 1 N–H and O–H groups in total. The third-order valence-corrected chi connectivity index (χ3v) is 7.72. The molecule has 30 heavy (non-hydrogen) atoms. The van der Waals surface area contributed by atoms with Crippen molar-refractivity contribution in [1.82, 2.24) is 24.1 Å². The Morgan fingerprint density at radius 1 is 1.20 bits per heavy atom. The summed E-state index contributed by atoms with van der Waals surface area (Å²) in [4.78, 5) is 4.63. The van der Waals surface area contributed by atoms with Crippen LogP contribution in [0.25, 0.3) is 0 Å². The highest BCUT2D eigenvalue weighted by molar-refractivity contribution is 7.89. The van der Waals surface area contributed by atoms with Crippen LogP contribution in [0.15, 0.2) is 29.6 Å². The first kappa shape index (κ1) is 21.2. The summed E-state index contributed by atoms with van der Waals surface area (Å²) in [5.74, 6) is 2.83. The van der Waals surface area contributed by atoms with E-state index in [4.69, 9.17) is 0 Å². The van der Waals surface area contributed by atoms with E-state index in [1.54, 1.807) is 22.8 Å². The van der Waals surface area contributed by atoms with Crippen molar-refractivity contribution in [2.75, 3.05) is 25.0 Å². The number of aromatic nitrogens is 4. The van der Waals surface area contributed by atoms with Gasteiger partial charge in [-0.3, -0.25) is 0 Å². The van der Waals surface area contributed by atoms with Crippen LogP contribution in [0.2, 0.25) is 0 Å². The molecular weight excluding hydrogens is 400 g/mol. The summed E-state index contributed by atoms with van der Waals surface area (Å²) < 4.78 is 30.0. The Kier molecular flexibility index (Phi) is 6.38. The highest BCUT2D eigenvalue weighted by atomic mass is 32.2. The molecule has 0 bridgehead atoms. The molecule has 0 spiro atoms.